The van der Waals surface area contributed by atoms with Gasteiger partial charge in [-0.1, -0.05) is 89.9 Å². The first kappa shape index (κ1) is 25.6. The number of terminal acetylenes is 1. The summed E-state index contributed by atoms with van der Waals surface area (Å²) < 4.78 is 0. The van der Waals surface area contributed by atoms with Crippen LogP contribution in [0.5, 0.6) is 0 Å². The quantitative estimate of drug-likeness (QED) is 0.186. The lowest BCUT2D eigenvalue weighted by atomic mass is 9.94. The van der Waals surface area contributed by atoms with E-state index in [0.29, 0.717) is 5.84 Å². The molecule has 0 saturated heterocycles. The highest BCUT2D eigenvalue weighted by atomic mass is 14.9. The van der Waals surface area contributed by atoms with E-state index < -0.39 is 0 Å². The standard InChI is InChI=1S/C31H34N2/c1-8-10-14-25(6)30(33-31(32-7)27-15-12-11-13-16-27)29-20-19-28(26(9-2)22-29)21-24(5)18-17-23(3)4/h2,8,10-20,22H,21H2,1,3-7H3/b10-8-,24-18-,25-14+,32-31-,33-30-. The van der Waals surface area contributed by atoms with Crippen LogP contribution in [-0.4, -0.2) is 18.6 Å². The van der Waals surface area contributed by atoms with E-state index in [1.165, 1.54) is 11.1 Å². The summed E-state index contributed by atoms with van der Waals surface area (Å²) in [5.41, 5.74) is 8.43. The highest BCUT2D eigenvalue weighted by molar-refractivity contribution is 6.19. The van der Waals surface area contributed by atoms with Crippen LogP contribution < -0.4 is 0 Å². The second kappa shape index (κ2) is 13.0. The number of nitrogens with zero attached hydrogens (tertiary/aromatic N) is 2. The van der Waals surface area contributed by atoms with Crippen molar-refractivity contribution < 1.29 is 0 Å². The monoisotopic (exact) mass is 434 g/mol. The molecule has 0 N–H and O–H groups in total. The van der Waals surface area contributed by atoms with E-state index in [9.17, 15) is 0 Å². The van der Waals surface area contributed by atoms with Crippen LogP contribution in [0.1, 0.15) is 56.9 Å². The Hall–Kier alpha value is -3.70. The molecule has 0 spiro atoms. The van der Waals surface area contributed by atoms with Crippen LogP contribution in [0.2, 0.25) is 0 Å². The van der Waals surface area contributed by atoms with Gasteiger partial charge in [-0.3, -0.25) is 4.99 Å². The fourth-order valence-electron chi connectivity index (χ4n) is 3.32. The lowest BCUT2D eigenvalue weighted by Crippen LogP contribution is -2.09. The molecule has 0 aliphatic carbocycles. The van der Waals surface area contributed by atoms with Crippen LogP contribution in [0.25, 0.3) is 0 Å². The average Bonchev–Trinajstić information content (AvgIpc) is 2.83. The van der Waals surface area contributed by atoms with Gasteiger partial charge in [0.25, 0.3) is 0 Å². The van der Waals surface area contributed by atoms with E-state index >= 15 is 0 Å². The number of hydrogen-bond acceptors (Lipinski definition) is 1. The van der Waals surface area contributed by atoms with Gasteiger partial charge in [0.2, 0.25) is 0 Å². The molecule has 0 amide bonds. The van der Waals surface area contributed by atoms with Crippen molar-refractivity contribution in [3.05, 3.63) is 118 Å². The van der Waals surface area contributed by atoms with Gasteiger partial charge in [-0.25, -0.2) is 4.99 Å². The largest absolute Gasteiger partial charge is 0.270 e. The molecule has 168 valence electrons. The molecule has 0 unspecified atom stereocenters. The fraction of sp³-hybridized carbons (Fsp3) is 0.226. The first-order chi connectivity index (χ1) is 15.9. The molecule has 0 aliphatic heterocycles. The van der Waals surface area contributed by atoms with Gasteiger partial charge < -0.3 is 0 Å². The summed E-state index contributed by atoms with van der Waals surface area (Å²) in [6.07, 6.45) is 17.1. The third kappa shape index (κ3) is 7.74. The minimum atomic E-state index is 0.686. The topological polar surface area (TPSA) is 24.7 Å². The highest BCUT2D eigenvalue weighted by Gasteiger charge is 2.12. The van der Waals surface area contributed by atoms with E-state index in [1.807, 2.05) is 49.4 Å². The zero-order valence-corrected chi connectivity index (χ0v) is 20.7. The number of amidine groups is 1. The van der Waals surface area contributed by atoms with Crippen LogP contribution >= 0.6 is 0 Å². The van der Waals surface area contributed by atoms with Gasteiger partial charge in [0, 0.05) is 23.7 Å². The summed E-state index contributed by atoms with van der Waals surface area (Å²) in [6.45, 7) is 10.4. The minimum Gasteiger partial charge on any atom is -0.270 e. The molecule has 0 heterocycles. The maximum Gasteiger partial charge on any atom is 0.154 e. The van der Waals surface area contributed by atoms with Crippen molar-refractivity contribution in [2.24, 2.45) is 9.98 Å². The van der Waals surface area contributed by atoms with Gasteiger partial charge in [-0.05, 0) is 58.2 Å². The normalized spacial score (nSPS) is 13.2. The van der Waals surface area contributed by atoms with Crippen molar-refractivity contribution >= 4 is 11.5 Å². The van der Waals surface area contributed by atoms with Crippen LogP contribution in [0.3, 0.4) is 0 Å². The summed E-state index contributed by atoms with van der Waals surface area (Å²) in [7, 11) is 1.77. The molecule has 2 rings (SSSR count). The Morgan fingerprint density at radius 2 is 1.67 bits per heavy atom. The second-order valence-electron chi connectivity index (χ2n) is 8.20. The molecule has 0 aliphatic rings. The lowest BCUT2D eigenvalue weighted by Gasteiger charge is -2.12. The van der Waals surface area contributed by atoms with Gasteiger partial charge in [-0.15, -0.1) is 6.42 Å². The van der Waals surface area contributed by atoms with Gasteiger partial charge >= 0.3 is 0 Å². The highest BCUT2D eigenvalue weighted by Crippen LogP contribution is 2.20. The first-order valence-corrected chi connectivity index (χ1v) is 11.2. The average molecular weight is 435 g/mol. The third-order valence-electron chi connectivity index (χ3n) is 5.08. The Kier molecular flexibility index (Phi) is 10.1. The smallest absolute Gasteiger partial charge is 0.154 e. The number of aliphatic imine (C=N–C) groups is 2. The van der Waals surface area contributed by atoms with Gasteiger partial charge in [-0.2, -0.15) is 0 Å². The first-order valence-electron chi connectivity index (χ1n) is 11.2. The van der Waals surface area contributed by atoms with Crippen LogP contribution in [0.4, 0.5) is 0 Å². The summed E-state index contributed by atoms with van der Waals surface area (Å²) >= 11 is 0. The fourth-order valence-corrected chi connectivity index (χ4v) is 3.32. The van der Waals surface area contributed by atoms with Crippen molar-refractivity contribution in [1.29, 1.82) is 0 Å². The number of rotatable bonds is 7. The maximum atomic E-state index is 5.92. The predicted molar refractivity (Wildman–Crippen MR) is 145 cm³/mol. The Morgan fingerprint density at radius 3 is 2.27 bits per heavy atom. The van der Waals surface area contributed by atoms with E-state index in [0.717, 1.165) is 40.0 Å². The van der Waals surface area contributed by atoms with E-state index in [-0.39, 0.29) is 0 Å². The van der Waals surface area contributed by atoms with Crippen molar-refractivity contribution in [2.45, 2.75) is 41.0 Å². The Morgan fingerprint density at radius 1 is 0.939 bits per heavy atom. The Bertz CT molecular complexity index is 1170. The summed E-state index contributed by atoms with van der Waals surface area (Å²) in [6, 6.07) is 16.3. The molecule has 2 nitrogen and oxygen atoms in total. The molecule has 0 saturated carbocycles. The molecule has 0 bridgehead atoms. The molecule has 2 aromatic rings. The molecular formula is C31H34N2. The van der Waals surface area contributed by atoms with Gasteiger partial charge in [0.05, 0.1) is 5.71 Å². The van der Waals surface area contributed by atoms with E-state index in [1.54, 1.807) is 7.05 Å². The van der Waals surface area contributed by atoms with E-state index in [2.05, 4.69) is 75.0 Å². The van der Waals surface area contributed by atoms with Crippen LogP contribution in [0, 0.1) is 12.3 Å². The van der Waals surface area contributed by atoms with E-state index in [4.69, 9.17) is 11.4 Å². The Balaban J connectivity index is 2.57. The molecule has 0 fully saturated rings. The predicted octanol–water partition coefficient (Wildman–Crippen LogP) is 7.51. The third-order valence-corrected chi connectivity index (χ3v) is 5.08. The van der Waals surface area contributed by atoms with Crippen LogP contribution in [0.15, 0.2) is 106 Å². The number of benzene rings is 2. The molecule has 33 heavy (non-hydrogen) atoms. The van der Waals surface area contributed by atoms with Crippen molar-refractivity contribution in [2.75, 3.05) is 7.05 Å². The molecule has 0 radical (unpaired) electrons. The Labute approximate surface area is 199 Å². The zero-order valence-electron chi connectivity index (χ0n) is 20.7. The molecule has 0 aromatic heterocycles. The maximum absolute atomic E-state index is 5.92. The molecule has 2 heteroatoms. The molecule has 2 aromatic carbocycles. The van der Waals surface area contributed by atoms with Gasteiger partial charge in [0.15, 0.2) is 5.84 Å². The SMILES string of the molecule is C#Cc1cc(C(=N\C(=N/C)c2ccccc2)/C(C)=C/C=C\C)ccc1C/C(C)=C\C=C(C)C. The second-order valence-corrected chi connectivity index (χ2v) is 8.20. The number of allylic oxidation sites excluding steroid dienone is 8. The minimum absolute atomic E-state index is 0.686. The summed E-state index contributed by atoms with van der Waals surface area (Å²) in [4.78, 5) is 9.43. The van der Waals surface area contributed by atoms with Crippen molar-refractivity contribution in [3.63, 3.8) is 0 Å². The van der Waals surface area contributed by atoms with Gasteiger partial charge in [0.1, 0.15) is 0 Å². The lowest BCUT2D eigenvalue weighted by molar-refractivity contribution is 1.13. The number of hydrogen-bond donors (Lipinski definition) is 0. The zero-order chi connectivity index (χ0) is 24.2. The molecule has 0 atom stereocenters. The van der Waals surface area contributed by atoms with Crippen molar-refractivity contribution in [1.82, 2.24) is 0 Å². The van der Waals surface area contributed by atoms with Crippen molar-refractivity contribution in [3.8, 4) is 12.3 Å². The molecular weight excluding hydrogens is 400 g/mol. The summed E-state index contributed by atoms with van der Waals surface area (Å²) in [5, 5.41) is 0. The van der Waals surface area contributed by atoms with Crippen LogP contribution in [-0.2, 0) is 6.42 Å². The summed E-state index contributed by atoms with van der Waals surface area (Å²) in [5.74, 6) is 3.57.